The summed E-state index contributed by atoms with van der Waals surface area (Å²) in [5, 5.41) is 2.90. The number of para-hydroxylation sites is 1. The van der Waals surface area contributed by atoms with Gasteiger partial charge in [0.2, 0.25) is 5.91 Å². The van der Waals surface area contributed by atoms with Crippen molar-refractivity contribution in [1.29, 1.82) is 0 Å². The first-order valence-corrected chi connectivity index (χ1v) is 7.44. The first-order chi connectivity index (χ1) is 10.6. The fourth-order valence-electron chi connectivity index (χ4n) is 2.07. The van der Waals surface area contributed by atoms with Gasteiger partial charge in [-0.2, -0.15) is 0 Å². The predicted molar refractivity (Wildman–Crippen MR) is 92.9 cm³/mol. The molecule has 114 valence electrons. The molecule has 0 aliphatic rings. The summed E-state index contributed by atoms with van der Waals surface area (Å²) >= 11 is 0. The number of benzene rings is 2. The molecule has 0 aliphatic heterocycles. The largest absolute Gasteiger partial charge is 0.373 e. The summed E-state index contributed by atoms with van der Waals surface area (Å²) in [5.74, 6) is -0.0676. The van der Waals surface area contributed by atoms with E-state index in [1.807, 2.05) is 62.5 Å². The molecule has 0 unspecified atom stereocenters. The highest BCUT2D eigenvalue weighted by atomic mass is 16.1. The number of carbonyl (C=O) groups excluding carboxylic acids is 1. The molecule has 0 atom stereocenters. The van der Waals surface area contributed by atoms with E-state index in [-0.39, 0.29) is 5.91 Å². The Hall–Kier alpha value is -2.55. The number of aryl methyl sites for hydroxylation is 1. The fraction of sp³-hybridized carbons (Fsp3) is 0.211. The van der Waals surface area contributed by atoms with Gasteiger partial charge in [0, 0.05) is 31.9 Å². The molecule has 22 heavy (non-hydrogen) atoms. The second-order valence-electron chi connectivity index (χ2n) is 5.29. The molecule has 3 heteroatoms. The summed E-state index contributed by atoms with van der Waals surface area (Å²) in [6, 6.07) is 18.2. The predicted octanol–water partition coefficient (Wildman–Crippen LogP) is 3.26. The molecular formula is C19H22N2O. The van der Waals surface area contributed by atoms with Crippen LogP contribution in [0.5, 0.6) is 0 Å². The van der Waals surface area contributed by atoms with Gasteiger partial charge in [-0.1, -0.05) is 48.0 Å². The smallest absolute Gasteiger partial charge is 0.244 e. The van der Waals surface area contributed by atoms with Gasteiger partial charge in [0.1, 0.15) is 0 Å². The number of hydrogen-bond acceptors (Lipinski definition) is 2. The zero-order chi connectivity index (χ0) is 15.8. The zero-order valence-corrected chi connectivity index (χ0v) is 13.1. The van der Waals surface area contributed by atoms with Crippen molar-refractivity contribution in [2.24, 2.45) is 0 Å². The Morgan fingerprint density at radius 1 is 1.09 bits per heavy atom. The molecule has 0 heterocycles. The standard InChI is InChI=1S/C19H22N2O/c1-16-8-10-17(11-9-16)12-13-19(22)20-14-15-21(2)18-6-4-3-5-7-18/h3-13H,14-15H2,1-2H3,(H,20,22)/b13-12+. The summed E-state index contributed by atoms with van der Waals surface area (Å²) in [5.41, 5.74) is 3.39. The summed E-state index contributed by atoms with van der Waals surface area (Å²) < 4.78 is 0. The first kappa shape index (κ1) is 15.8. The molecule has 0 saturated carbocycles. The van der Waals surface area contributed by atoms with E-state index in [2.05, 4.69) is 22.3 Å². The molecule has 1 amide bonds. The summed E-state index contributed by atoms with van der Waals surface area (Å²) in [6.45, 7) is 3.43. The molecule has 0 fully saturated rings. The van der Waals surface area contributed by atoms with Gasteiger partial charge in [0.05, 0.1) is 0 Å². The van der Waals surface area contributed by atoms with Crippen LogP contribution in [-0.2, 0) is 4.79 Å². The summed E-state index contributed by atoms with van der Waals surface area (Å²) in [4.78, 5) is 13.9. The lowest BCUT2D eigenvalue weighted by Gasteiger charge is -2.19. The first-order valence-electron chi connectivity index (χ1n) is 7.44. The van der Waals surface area contributed by atoms with Crippen LogP contribution in [-0.4, -0.2) is 26.0 Å². The number of rotatable bonds is 6. The molecule has 2 aromatic rings. The van der Waals surface area contributed by atoms with Crippen LogP contribution in [0.1, 0.15) is 11.1 Å². The lowest BCUT2D eigenvalue weighted by Crippen LogP contribution is -2.31. The van der Waals surface area contributed by atoms with Crippen molar-refractivity contribution in [3.63, 3.8) is 0 Å². The summed E-state index contributed by atoms with van der Waals surface area (Å²) in [7, 11) is 2.02. The van der Waals surface area contributed by atoms with Crippen molar-refractivity contribution in [3.8, 4) is 0 Å². The number of likely N-dealkylation sites (N-methyl/N-ethyl adjacent to an activating group) is 1. The van der Waals surface area contributed by atoms with Gasteiger partial charge >= 0.3 is 0 Å². The SMILES string of the molecule is Cc1ccc(/C=C/C(=O)NCCN(C)c2ccccc2)cc1. The molecule has 0 bridgehead atoms. The van der Waals surface area contributed by atoms with Gasteiger partial charge in [-0.05, 0) is 30.7 Å². The van der Waals surface area contributed by atoms with Gasteiger partial charge in [-0.25, -0.2) is 0 Å². The second kappa shape index (κ2) is 8.03. The van der Waals surface area contributed by atoms with Crippen LogP contribution in [0.25, 0.3) is 6.08 Å². The molecule has 0 aliphatic carbocycles. The fourth-order valence-corrected chi connectivity index (χ4v) is 2.07. The number of carbonyl (C=O) groups is 1. The molecule has 0 spiro atoms. The number of hydrogen-bond donors (Lipinski definition) is 1. The molecule has 2 aromatic carbocycles. The van der Waals surface area contributed by atoms with Gasteiger partial charge in [-0.3, -0.25) is 4.79 Å². The van der Waals surface area contributed by atoms with Crippen LogP contribution >= 0.6 is 0 Å². The van der Waals surface area contributed by atoms with Gasteiger partial charge in [0.25, 0.3) is 0 Å². The van der Waals surface area contributed by atoms with Crippen molar-refractivity contribution in [3.05, 3.63) is 71.8 Å². The Balaban J connectivity index is 1.75. The maximum Gasteiger partial charge on any atom is 0.244 e. The van der Waals surface area contributed by atoms with E-state index in [0.717, 1.165) is 17.8 Å². The Kier molecular flexibility index (Phi) is 5.78. The number of amides is 1. The van der Waals surface area contributed by atoms with Gasteiger partial charge < -0.3 is 10.2 Å². The number of nitrogens with one attached hydrogen (secondary N) is 1. The lowest BCUT2D eigenvalue weighted by molar-refractivity contribution is -0.116. The van der Waals surface area contributed by atoms with Crippen LogP contribution in [0.2, 0.25) is 0 Å². The van der Waals surface area contributed by atoms with Crippen molar-refractivity contribution in [2.75, 3.05) is 25.0 Å². The highest BCUT2D eigenvalue weighted by Crippen LogP contribution is 2.09. The van der Waals surface area contributed by atoms with E-state index in [1.54, 1.807) is 6.08 Å². The monoisotopic (exact) mass is 294 g/mol. The van der Waals surface area contributed by atoms with Crippen molar-refractivity contribution in [2.45, 2.75) is 6.92 Å². The maximum absolute atomic E-state index is 11.8. The molecule has 2 rings (SSSR count). The highest BCUT2D eigenvalue weighted by molar-refractivity contribution is 5.91. The minimum Gasteiger partial charge on any atom is -0.373 e. The van der Waals surface area contributed by atoms with Crippen molar-refractivity contribution in [1.82, 2.24) is 5.32 Å². The normalized spacial score (nSPS) is 10.6. The van der Waals surface area contributed by atoms with Crippen molar-refractivity contribution >= 4 is 17.7 Å². The van der Waals surface area contributed by atoms with E-state index in [1.165, 1.54) is 5.56 Å². The molecule has 0 aromatic heterocycles. The van der Waals surface area contributed by atoms with Crippen LogP contribution in [0.4, 0.5) is 5.69 Å². The van der Waals surface area contributed by atoms with E-state index in [9.17, 15) is 4.79 Å². The minimum atomic E-state index is -0.0676. The Morgan fingerprint density at radius 3 is 2.45 bits per heavy atom. The third-order valence-electron chi connectivity index (χ3n) is 3.45. The molecule has 0 radical (unpaired) electrons. The van der Waals surface area contributed by atoms with Crippen molar-refractivity contribution < 1.29 is 4.79 Å². The van der Waals surface area contributed by atoms with E-state index in [0.29, 0.717) is 6.54 Å². The number of nitrogens with zero attached hydrogens (tertiary/aromatic N) is 1. The van der Waals surface area contributed by atoms with E-state index in [4.69, 9.17) is 0 Å². The lowest BCUT2D eigenvalue weighted by atomic mass is 10.1. The molecule has 3 nitrogen and oxygen atoms in total. The Morgan fingerprint density at radius 2 is 1.77 bits per heavy atom. The van der Waals surface area contributed by atoms with Crippen LogP contribution < -0.4 is 10.2 Å². The molecular weight excluding hydrogens is 272 g/mol. The highest BCUT2D eigenvalue weighted by Gasteiger charge is 2.00. The van der Waals surface area contributed by atoms with Crippen LogP contribution in [0.3, 0.4) is 0 Å². The third-order valence-corrected chi connectivity index (χ3v) is 3.45. The number of anilines is 1. The topological polar surface area (TPSA) is 32.3 Å². The Bertz CT molecular complexity index is 618. The average molecular weight is 294 g/mol. The van der Waals surface area contributed by atoms with E-state index >= 15 is 0 Å². The summed E-state index contributed by atoms with van der Waals surface area (Å²) in [6.07, 6.45) is 3.41. The minimum absolute atomic E-state index is 0.0676. The third kappa shape index (κ3) is 5.09. The zero-order valence-electron chi connectivity index (χ0n) is 13.1. The quantitative estimate of drug-likeness (QED) is 0.829. The molecule has 1 N–H and O–H groups in total. The second-order valence-corrected chi connectivity index (χ2v) is 5.29. The van der Waals surface area contributed by atoms with Gasteiger partial charge in [-0.15, -0.1) is 0 Å². The van der Waals surface area contributed by atoms with Gasteiger partial charge in [0.15, 0.2) is 0 Å². The Labute approximate surface area is 132 Å². The van der Waals surface area contributed by atoms with E-state index < -0.39 is 0 Å². The average Bonchev–Trinajstić information content (AvgIpc) is 2.55. The molecule has 0 saturated heterocycles. The maximum atomic E-state index is 11.8. The van der Waals surface area contributed by atoms with Crippen LogP contribution in [0, 0.1) is 6.92 Å². The van der Waals surface area contributed by atoms with Crippen LogP contribution in [0.15, 0.2) is 60.7 Å².